The number of halogens is 2. The minimum absolute atomic E-state index is 0.0597. The maximum atomic E-state index is 14.0. The zero-order chi connectivity index (χ0) is 25.3. The normalized spacial score (nSPS) is 19.1. The predicted octanol–water partition coefficient (Wildman–Crippen LogP) is 3.87. The fraction of sp³-hybridized carbons (Fsp3) is 0.500. The van der Waals surface area contributed by atoms with Crippen molar-refractivity contribution in [2.75, 3.05) is 36.5 Å². The quantitative estimate of drug-likeness (QED) is 0.506. The van der Waals surface area contributed by atoms with E-state index < -0.39 is 17.2 Å². The average Bonchev–Trinajstić information content (AvgIpc) is 3.34. The van der Waals surface area contributed by atoms with Gasteiger partial charge in [-0.25, -0.2) is 18.7 Å². The molecule has 1 aromatic carbocycles. The van der Waals surface area contributed by atoms with Crippen LogP contribution in [-0.4, -0.2) is 64.1 Å². The Balaban J connectivity index is 1.37. The van der Waals surface area contributed by atoms with Crippen molar-refractivity contribution < 1.29 is 23.4 Å². The van der Waals surface area contributed by atoms with Crippen molar-refractivity contribution >= 4 is 22.7 Å². The lowest BCUT2D eigenvalue weighted by molar-refractivity contribution is 0.0800. The molecule has 0 saturated carbocycles. The SMILES string of the molecule is CC(C)(O)Cc1cc2nc(NC3CCOC3)c(N3CCC(Oc4cc(F)ccc4F)CC3)nc2cn1. The Kier molecular flexibility index (Phi) is 6.90. The van der Waals surface area contributed by atoms with Gasteiger partial charge >= 0.3 is 0 Å². The van der Waals surface area contributed by atoms with Crippen molar-refractivity contribution in [3.8, 4) is 5.75 Å². The lowest BCUT2D eigenvalue weighted by Crippen LogP contribution is -2.39. The maximum absolute atomic E-state index is 14.0. The number of rotatable bonds is 7. The number of nitrogens with one attached hydrogen (secondary N) is 1. The van der Waals surface area contributed by atoms with Crippen molar-refractivity contribution in [3.05, 3.63) is 47.8 Å². The summed E-state index contributed by atoms with van der Waals surface area (Å²) in [5.74, 6) is 0.244. The summed E-state index contributed by atoms with van der Waals surface area (Å²) in [6, 6.07) is 5.26. The van der Waals surface area contributed by atoms with Crippen LogP contribution >= 0.6 is 0 Å². The molecule has 2 aliphatic heterocycles. The van der Waals surface area contributed by atoms with Gasteiger partial charge in [0.05, 0.1) is 30.0 Å². The van der Waals surface area contributed by atoms with E-state index in [2.05, 4.69) is 15.2 Å². The largest absolute Gasteiger partial charge is 0.487 e. The third-order valence-electron chi connectivity index (χ3n) is 6.40. The summed E-state index contributed by atoms with van der Waals surface area (Å²) >= 11 is 0. The van der Waals surface area contributed by atoms with Crippen LogP contribution in [0, 0.1) is 11.6 Å². The number of hydrogen-bond acceptors (Lipinski definition) is 8. The summed E-state index contributed by atoms with van der Waals surface area (Å²) in [5, 5.41) is 13.7. The van der Waals surface area contributed by atoms with Crippen LogP contribution in [0.2, 0.25) is 0 Å². The lowest BCUT2D eigenvalue weighted by atomic mass is 10.0. The second-order valence-electron chi connectivity index (χ2n) is 10.1. The van der Waals surface area contributed by atoms with E-state index in [1.807, 2.05) is 6.07 Å². The second-order valence-corrected chi connectivity index (χ2v) is 10.1. The number of anilines is 2. The molecule has 0 bridgehead atoms. The smallest absolute Gasteiger partial charge is 0.172 e. The molecule has 5 rings (SSSR count). The molecule has 1 atom stereocenters. The second kappa shape index (κ2) is 10.1. The Morgan fingerprint density at radius 2 is 1.94 bits per heavy atom. The molecule has 4 heterocycles. The van der Waals surface area contributed by atoms with Crippen molar-refractivity contribution in [3.63, 3.8) is 0 Å². The molecule has 3 aromatic rings. The van der Waals surface area contributed by atoms with Crippen LogP contribution in [0.1, 0.15) is 38.8 Å². The number of benzene rings is 1. The van der Waals surface area contributed by atoms with Crippen molar-refractivity contribution in [2.24, 2.45) is 0 Å². The molecular formula is C26H31F2N5O3. The van der Waals surface area contributed by atoms with Crippen molar-refractivity contribution in [1.82, 2.24) is 15.0 Å². The molecule has 2 saturated heterocycles. The molecule has 36 heavy (non-hydrogen) atoms. The van der Waals surface area contributed by atoms with Gasteiger partial charge < -0.3 is 24.8 Å². The summed E-state index contributed by atoms with van der Waals surface area (Å²) < 4.78 is 38.8. The summed E-state index contributed by atoms with van der Waals surface area (Å²) in [6.45, 7) is 6.05. The molecular weight excluding hydrogens is 468 g/mol. The van der Waals surface area contributed by atoms with Gasteiger partial charge in [0, 0.05) is 50.7 Å². The summed E-state index contributed by atoms with van der Waals surface area (Å²) in [7, 11) is 0. The number of hydrogen-bond donors (Lipinski definition) is 2. The molecule has 0 radical (unpaired) electrons. The Bertz CT molecular complexity index is 1220. The van der Waals surface area contributed by atoms with E-state index in [1.165, 1.54) is 0 Å². The Morgan fingerprint density at radius 1 is 1.14 bits per heavy atom. The molecule has 2 aliphatic rings. The zero-order valence-corrected chi connectivity index (χ0v) is 20.5. The molecule has 0 spiro atoms. The van der Waals surface area contributed by atoms with E-state index in [1.54, 1.807) is 20.0 Å². The van der Waals surface area contributed by atoms with Gasteiger partial charge in [0.1, 0.15) is 17.4 Å². The highest BCUT2D eigenvalue weighted by molar-refractivity contribution is 5.80. The van der Waals surface area contributed by atoms with Gasteiger partial charge in [0.25, 0.3) is 0 Å². The predicted molar refractivity (Wildman–Crippen MR) is 132 cm³/mol. The molecule has 1 unspecified atom stereocenters. The summed E-state index contributed by atoms with van der Waals surface area (Å²) in [6.07, 6.45) is 4.02. The van der Waals surface area contributed by atoms with E-state index in [-0.39, 0.29) is 17.9 Å². The van der Waals surface area contributed by atoms with Crippen LogP contribution in [-0.2, 0) is 11.2 Å². The minimum Gasteiger partial charge on any atom is -0.487 e. The molecule has 0 aliphatic carbocycles. The molecule has 10 heteroatoms. The van der Waals surface area contributed by atoms with E-state index in [9.17, 15) is 13.9 Å². The van der Waals surface area contributed by atoms with E-state index in [0.29, 0.717) is 62.4 Å². The monoisotopic (exact) mass is 499 g/mol. The highest BCUT2D eigenvalue weighted by atomic mass is 19.1. The van der Waals surface area contributed by atoms with Crippen LogP contribution in [0.25, 0.3) is 11.0 Å². The number of aromatic nitrogens is 3. The highest BCUT2D eigenvalue weighted by Crippen LogP contribution is 2.31. The number of nitrogens with zero attached hydrogens (tertiary/aromatic N) is 4. The molecule has 0 amide bonds. The van der Waals surface area contributed by atoms with Crippen LogP contribution in [0.5, 0.6) is 5.75 Å². The van der Waals surface area contributed by atoms with Gasteiger partial charge in [-0.3, -0.25) is 4.98 Å². The van der Waals surface area contributed by atoms with Crippen LogP contribution in [0.4, 0.5) is 20.4 Å². The molecule has 2 N–H and O–H groups in total. The third kappa shape index (κ3) is 5.82. The van der Waals surface area contributed by atoms with Crippen molar-refractivity contribution in [1.29, 1.82) is 0 Å². The molecule has 192 valence electrons. The lowest BCUT2D eigenvalue weighted by Gasteiger charge is -2.34. The van der Waals surface area contributed by atoms with Gasteiger partial charge in [-0.15, -0.1) is 0 Å². The van der Waals surface area contributed by atoms with E-state index in [4.69, 9.17) is 19.4 Å². The van der Waals surface area contributed by atoms with Gasteiger partial charge in [0.2, 0.25) is 0 Å². The molecule has 8 nitrogen and oxygen atoms in total. The number of pyridine rings is 1. The molecule has 2 aromatic heterocycles. The number of piperidine rings is 1. The Hall–Kier alpha value is -3.11. The Morgan fingerprint density at radius 3 is 2.67 bits per heavy atom. The number of fused-ring (bicyclic) bond motifs is 1. The first kappa shape index (κ1) is 24.6. The van der Waals surface area contributed by atoms with Crippen LogP contribution in [0.15, 0.2) is 30.5 Å². The van der Waals surface area contributed by atoms with Gasteiger partial charge in [0.15, 0.2) is 23.2 Å². The third-order valence-corrected chi connectivity index (χ3v) is 6.40. The summed E-state index contributed by atoms with van der Waals surface area (Å²) in [5.41, 5.74) is 1.24. The van der Waals surface area contributed by atoms with Gasteiger partial charge in [-0.1, -0.05) is 0 Å². The first-order valence-corrected chi connectivity index (χ1v) is 12.3. The Labute approximate surface area is 208 Å². The van der Waals surface area contributed by atoms with Crippen LogP contribution in [0.3, 0.4) is 0 Å². The average molecular weight is 500 g/mol. The number of aliphatic hydroxyl groups is 1. The van der Waals surface area contributed by atoms with Crippen molar-refractivity contribution in [2.45, 2.75) is 57.3 Å². The molecule has 2 fully saturated rings. The van der Waals surface area contributed by atoms with E-state index >= 15 is 0 Å². The number of ether oxygens (including phenoxy) is 2. The fourth-order valence-electron chi connectivity index (χ4n) is 4.62. The zero-order valence-electron chi connectivity index (χ0n) is 20.5. The maximum Gasteiger partial charge on any atom is 0.172 e. The first-order valence-electron chi connectivity index (χ1n) is 12.3. The topological polar surface area (TPSA) is 92.6 Å². The standard InChI is InChI=1S/C26H31F2N5O3/c1-26(2,34)13-18-12-21-22(14-29-18)32-25(24(31-21)30-17-7-10-35-15-17)33-8-5-19(6-9-33)36-23-11-16(27)3-4-20(23)28/h3-4,11-12,14,17,19,34H,5-10,13,15H2,1-2H3,(H,30,31). The first-order chi connectivity index (χ1) is 17.2. The van der Waals surface area contributed by atoms with Gasteiger partial charge in [-0.2, -0.15) is 0 Å². The summed E-state index contributed by atoms with van der Waals surface area (Å²) in [4.78, 5) is 16.4. The van der Waals surface area contributed by atoms with E-state index in [0.717, 1.165) is 36.1 Å². The van der Waals surface area contributed by atoms with Gasteiger partial charge in [-0.05, 0) is 38.5 Å². The fourth-order valence-corrected chi connectivity index (χ4v) is 4.62. The van der Waals surface area contributed by atoms with Crippen LogP contribution < -0.4 is 15.0 Å². The minimum atomic E-state index is -0.878. The highest BCUT2D eigenvalue weighted by Gasteiger charge is 2.27.